The number of nitrogens with one attached hydrogen (secondary N) is 1. The first-order chi connectivity index (χ1) is 10.8. The lowest BCUT2D eigenvalue weighted by atomic mass is 9.92. The first kappa shape index (κ1) is 15.3. The monoisotopic (exact) mass is 303 g/mol. The normalized spacial score (nSPS) is 28.1. The molecule has 3 rings (SSSR count). The van der Waals surface area contributed by atoms with Crippen molar-refractivity contribution in [2.75, 3.05) is 13.2 Å². The molecule has 1 aliphatic heterocycles. The molecule has 22 heavy (non-hydrogen) atoms. The summed E-state index contributed by atoms with van der Waals surface area (Å²) in [7, 11) is 0. The Morgan fingerprint density at radius 2 is 2.05 bits per heavy atom. The first-order valence-corrected chi connectivity index (χ1v) is 8.40. The summed E-state index contributed by atoms with van der Waals surface area (Å²) >= 11 is 0. The fraction of sp³-hybridized carbons (Fsp3) is 0.611. The summed E-state index contributed by atoms with van der Waals surface area (Å²) in [5, 5.41) is 12.7. The number of fused-ring (bicyclic) bond motifs is 1. The maximum atomic E-state index is 12.6. The number of amides is 1. The van der Waals surface area contributed by atoms with Crippen molar-refractivity contribution in [3.8, 4) is 5.75 Å². The molecule has 1 aromatic carbocycles. The van der Waals surface area contributed by atoms with Crippen LogP contribution in [0.1, 0.15) is 37.7 Å². The zero-order chi connectivity index (χ0) is 15.4. The van der Waals surface area contributed by atoms with Crippen molar-refractivity contribution in [2.24, 2.45) is 11.8 Å². The van der Waals surface area contributed by atoms with Crippen LogP contribution in [0.25, 0.3) is 0 Å². The summed E-state index contributed by atoms with van der Waals surface area (Å²) in [4.78, 5) is 12.6. The number of aliphatic hydroxyl groups is 1. The third kappa shape index (κ3) is 3.43. The molecule has 2 aliphatic rings. The molecule has 3 atom stereocenters. The zero-order valence-electron chi connectivity index (χ0n) is 13.0. The second-order valence-electron chi connectivity index (χ2n) is 6.52. The van der Waals surface area contributed by atoms with Crippen molar-refractivity contribution in [3.05, 3.63) is 29.8 Å². The Labute approximate surface area is 131 Å². The second-order valence-corrected chi connectivity index (χ2v) is 6.52. The molecule has 1 aromatic rings. The molecule has 1 heterocycles. The molecule has 4 nitrogen and oxygen atoms in total. The van der Waals surface area contributed by atoms with E-state index in [1.54, 1.807) is 0 Å². The molecule has 1 saturated carbocycles. The minimum Gasteiger partial charge on any atom is -0.492 e. The SMILES string of the molecule is O=C(NC1CCCCCC1CO)C1COc2ccccc2C1. The van der Waals surface area contributed by atoms with Crippen molar-refractivity contribution in [2.45, 2.75) is 44.6 Å². The van der Waals surface area contributed by atoms with E-state index in [0.29, 0.717) is 6.61 Å². The van der Waals surface area contributed by atoms with Crippen LogP contribution in [0.15, 0.2) is 24.3 Å². The lowest BCUT2D eigenvalue weighted by Gasteiger charge is -2.29. The van der Waals surface area contributed by atoms with Crippen LogP contribution in [-0.4, -0.2) is 30.3 Å². The van der Waals surface area contributed by atoms with Crippen molar-refractivity contribution in [3.63, 3.8) is 0 Å². The zero-order valence-corrected chi connectivity index (χ0v) is 13.0. The Morgan fingerprint density at radius 3 is 2.91 bits per heavy atom. The van der Waals surface area contributed by atoms with Crippen molar-refractivity contribution >= 4 is 5.91 Å². The van der Waals surface area contributed by atoms with Gasteiger partial charge in [-0.25, -0.2) is 0 Å². The van der Waals surface area contributed by atoms with Crippen molar-refractivity contribution in [1.29, 1.82) is 0 Å². The molecule has 1 fully saturated rings. The van der Waals surface area contributed by atoms with E-state index in [9.17, 15) is 9.90 Å². The van der Waals surface area contributed by atoms with Gasteiger partial charge >= 0.3 is 0 Å². The van der Waals surface area contributed by atoms with E-state index >= 15 is 0 Å². The summed E-state index contributed by atoms with van der Waals surface area (Å²) in [6.45, 7) is 0.605. The summed E-state index contributed by atoms with van der Waals surface area (Å²) in [5.41, 5.74) is 1.11. The average molecular weight is 303 g/mol. The van der Waals surface area contributed by atoms with E-state index in [2.05, 4.69) is 5.32 Å². The van der Waals surface area contributed by atoms with Gasteiger partial charge in [0, 0.05) is 18.6 Å². The van der Waals surface area contributed by atoms with Gasteiger partial charge in [0.05, 0.1) is 5.92 Å². The lowest BCUT2D eigenvalue weighted by molar-refractivity contribution is -0.127. The van der Waals surface area contributed by atoms with Gasteiger partial charge in [0.15, 0.2) is 0 Å². The molecule has 0 spiro atoms. The van der Waals surface area contributed by atoms with Crippen molar-refractivity contribution < 1.29 is 14.6 Å². The van der Waals surface area contributed by atoms with Crippen LogP contribution in [0.5, 0.6) is 5.75 Å². The average Bonchev–Trinajstić information content (AvgIpc) is 2.79. The molecule has 0 aromatic heterocycles. The number of benzene rings is 1. The van der Waals surface area contributed by atoms with Gasteiger partial charge in [-0.15, -0.1) is 0 Å². The molecular formula is C18H25NO3. The van der Waals surface area contributed by atoms with Gasteiger partial charge in [-0.05, 0) is 30.9 Å². The van der Waals surface area contributed by atoms with E-state index < -0.39 is 0 Å². The number of hydrogen-bond donors (Lipinski definition) is 2. The molecule has 0 radical (unpaired) electrons. The summed E-state index contributed by atoms with van der Waals surface area (Å²) < 4.78 is 5.71. The maximum Gasteiger partial charge on any atom is 0.227 e. The summed E-state index contributed by atoms with van der Waals surface area (Å²) in [5.74, 6) is 1.04. The second kappa shape index (κ2) is 7.14. The molecule has 3 unspecified atom stereocenters. The molecule has 1 aliphatic carbocycles. The number of ether oxygens (including phenoxy) is 1. The number of rotatable bonds is 3. The van der Waals surface area contributed by atoms with Gasteiger partial charge in [-0.1, -0.05) is 37.5 Å². The Balaban J connectivity index is 1.62. The Morgan fingerprint density at radius 1 is 1.23 bits per heavy atom. The number of carbonyl (C=O) groups is 1. The molecule has 2 N–H and O–H groups in total. The molecule has 0 saturated heterocycles. The number of hydrogen-bond acceptors (Lipinski definition) is 3. The van der Waals surface area contributed by atoms with Gasteiger partial charge in [-0.3, -0.25) is 4.79 Å². The molecule has 0 bridgehead atoms. The fourth-order valence-electron chi connectivity index (χ4n) is 3.59. The standard InChI is InChI=1S/C18H25NO3/c20-11-14-7-2-1-3-8-16(14)19-18(21)15-10-13-6-4-5-9-17(13)22-12-15/h4-6,9,14-16,20H,1-3,7-8,10-12H2,(H,19,21). The van der Waals surface area contributed by atoms with E-state index in [1.165, 1.54) is 6.42 Å². The van der Waals surface area contributed by atoms with Gasteiger partial charge in [0.25, 0.3) is 0 Å². The van der Waals surface area contributed by atoms with Gasteiger partial charge in [0.1, 0.15) is 12.4 Å². The number of para-hydroxylation sites is 1. The minimum atomic E-state index is -0.127. The molecule has 120 valence electrons. The summed E-state index contributed by atoms with van der Waals surface area (Å²) in [6, 6.07) is 8.02. The maximum absolute atomic E-state index is 12.6. The van der Waals surface area contributed by atoms with Crippen LogP contribution < -0.4 is 10.1 Å². The highest BCUT2D eigenvalue weighted by molar-refractivity contribution is 5.80. The Kier molecular flexibility index (Phi) is 4.98. The Hall–Kier alpha value is -1.55. The van der Waals surface area contributed by atoms with E-state index in [0.717, 1.165) is 43.4 Å². The predicted molar refractivity (Wildman–Crippen MR) is 84.7 cm³/mol. The van der Waals surface area contributed by atoms with Crippen LogP contribution in [-0.2, 0) is 11.2 Å². The van der Waals surface area contributed by atoms with Crippen LogP contribution >= 0.6 is 0 Å². The van der Waals surface area contributed by atoms with Crippen molar-refractivity contribution in [1.82, 2.24) is 5.32 Å². The minimum absolute atomic E-state index is 0.0693. The van der Waals surface area contributed by atoms with Crippen LogP contribution in [0.2, 0.25) is 0 Å². The van der Waals surface area contributed by atoms with E-state index in [4.69, 9.17) is 4.74 Å². The van der Waals surface area contributed by atoms with Crippen LogP contribution in [0, 0.1) is 11.8 Å². The smallest absolute Gasteiger partial charge is 0.227 e. The third-order valence-corrected chi connectivity index (χ3v) is 4.97. The van der Waals surface area contributed by atoms with E-state index in [-0.39, 0.29) is 30.4 Å². The predicted octanol–water partition coefficient (Wildman–Crippen LogP) is 2.30. The van der Waals surface area contributed by atoms with E-state index in [1.807, 2.05) is 24.3 Å². The molecule has 4 heteroatoms. The number of carbonyl (C=O) groups excluding carboxylic acids is 1. The lowest BCUT2D eigenvalue weighted by Crippen LogP contribution is -2.46. The Bertz CT molecular complexity index is 517. The largest absolute Gasteiger partial charge is 0.492 e. The van der Waals surface area contributed by atoms with Crippen LogP contribution in [0.3, 0.4) is 0 Å². The third-order valence-electron chi connectivity index (χ3n) is 4.97. The fourth-order valence-corrected chi connectivity index (χ4v) is 3.59. The van der Waals surface area contributed by atoms with Gasteiger partial charge in [0.2, 0.25) is 5.91 Å². The van der Waals surface area contributed by atoms with Gasteiger partial charge < -0.3 is 15.2 Å². The molecular weight excluding hydrogens is 278 g/mol. The quantitative estimate of drug-likeness (QED) is 0.842. The number of aliphatic hydroxyl groups excluding tert-OH is 1. The van der Waals surface area contributed by atoms with Crippen LogP contribution in [0.4, 0.5) is 0 Å². The molecule has 1 amide bonds. The summed E-state index contributed by atoms with van der Waals surface area (Å²) in [6.07, 6.45) is 6.19. The highest BCUT2D eigenvalue weighted by atomic mass is 16.5. The topological polar surface area (TPSA) is 58.6 Å². The highest BCUT2D eigenvalue weighted by Crippen LogP contribution is 2.28. The highest BCUT2D eigenvalue weighted by Gasteiger charge is 2.30. The van der Waals surface area contributed by atoms with Gasteiger partial charge in [-0.2, -0.15) is 0 Å². The first-order valence-electron chi connectivity index (χ1n) is 8.40.